The molecular weight excluding hydrogens is 328 g/mol. The van der Waals surface area contributed by atoms with E-state index in [0.29, 0.717) is 18.9 Å². The number of benzene rings is 1. The minimum absolute atomic E-state index is 0.0364. The van der Waals surface area contributed by atoms with Crippen LogP contribution in [0.4, 0.5) is 0 Å². The molecule has 0 saturated heterocycles. The van der Waals surface area contributed by atoms with Crippen LogP contribution in [0.1, 0.15) is 42.5 Å². The molecule has 1 aliphatic rings. The summed E-state index contributed by atoms with van der Waals surface area (Å²) in [4.78, 5) is 14.7. The van der Waals surface area contributed by atoms with Gasteiger partial charge >= 0.3 is 0 Å². The Morgan fingerprint density at radius 1 is 1.27 bits per heavy atom. The smallest absolute Gasteiger partial charge is 0.220 e. The van der Waals surface area contributed by atoms with E-state index in [2.05, 4.69) is 22.3 Å². The molecule has 0 radical (unpaired) electrons. The summed E-state index contributed by atoms with van der Waals surface area (Å²) in [6, 6.07) is 12.0. The molecular formula is C21H28N2O3. The fourth-order valence-corrected chi connectivity index (χ4v) is 3.41. The third-order valence-corrected chi connectivity index (χ3v) is 5.13. The molecule has 0 spiro atoms. The lowest BCUT2D eigenvalue weighted by atomic mass is 9.90. The Hall–Kier alpha value is -2.27. The van der Waals surface area contributed by atoms with Crippen LogP contribution >= 0.6 is 0 Å². The molecule has 1 saturated carbocycles. The van der Waals surface area contributed by atoms with Crippen LogP contribution < -0.4 is 10.1 Å². The Kier molecular flexibility index (Phi) is 5.99. The van der Waals surface area contributed by atoms with Gasteiger partial charge in [0.1, 0.15) is 11.5 Å². The molecule has 26 heavy (non-hydrogen) atoms. The number of nitrogens with zero attached hydrogens (tertiary/aromatic N) is 1. The summed E-state index contributed by atoms with van der Waals surface area (Å²) < 4.78 is 10.7. The lowest BCUT2D eigenvalue weighted by Crippen LogP contribution is -2.35. The summed E-state index contributed by atoms with van der Waals surface area (Å²) in [6.07, 6.45) is 4.60. The first-order valence-corrected chi connectivity index (χ1v) is 9.19. The second-order valence-corrected chi connectivity index (χ2v) is 7.22. The van der Waals surface area contributed by atoms with Gasteiger partial charge in [0.15, 0.2) is 0 Å². The summed E-state index contributed by atoms with van der Waals surface area (Å²) >= 11 is 0. The molecule has 1 amide bonds. The maximum Gasteiger partial charge on any atom is 0.220 e. The van der Waals surface area contributed by atoms with E-state index in [9.17, 15) is 4.79 Å². The fourth-order valence-electron chi connectivity index (χ4n) is 3.41. The predicted octanol–water partition coefficient (Wildman–Crippen LogP) is 3.59. The largest absolute Gasteiger partial charge is 0.497 e. The summed E-state index contributed by atoms with van der Waals surface area (Å²) in [6.45, 7) is 0.541. The molecule has 1 aromatic carbocycles. The first kappa shape index (κ1) is 18.5. The van der Waals surface area contributed by atoms with Gasteiger partial charge in [-0.1, -0.05) is 12.1 Å². The SMILES string of the molecule is COc1ccc(C(CC(=O)NCC(c2ccco2)N(C)C)C2CC2)cc1. The maximum absolute atomic E-state index is 12.6. The molecule has 1 N–H and O–H groups in total. The van der Waals surface area contributed by atoms with Gasteiger partial charge in [0.05, 0.1) is 19.4 Å². The van der Waals surface area contributed by atoms with Gasteiger partial charge in [-0.2, -0.15) is 0 Å². The molecule has 1 fully saturated rings. The number of likely N-dealkylation sites (N-methyl/N-ethyl adjacent to an activating group) is 1. The zero-order valence-corrected chi connectivity index (χ0v) is 15.8. The fraction of sp³-hybridized carbons (Fsp3) is 0.476. The predicted molar refractivity (Wildman–Crippen MR) is 101 cm³/mol. The van der Waals surface area contributed by atoms with Gasteiger partial charge < -0.3 is 14.5 Å². The Balaban J connectivity index is 1.59. The van der Waals surface area contributed by atoms with E-state index in [1.54, 1.807) is 13.4 Å². The van der Waals surface area contributed by atoms with Crippen molar-refractivity contribution in [1.29, 1.82) is 0 Å². The Bertz CT molecular complexity index is 691. The lowest BCUT2D eigenvalue weighted by Gasteiger charge is -2.23. The molecule has 0 aliphatic heterocycles. The highest BCUT2D eigenvalue weighted by Crippen LogP contribution is 2.44. The van der Waals surface area contributed by atoms with Crippen molar-refractivity contribution in [2.24, 2.45) is 5.92 Å². The van der Waals surface area contributed by atoms with Crippen LogP contribution in [-0.4, -0.2) is 38.6 Å². The topological polar surface area (TPSA) is 54.7 Å². The van der Waals surface area contributed by atoms with Crippen LogP contribution in [0.15, 0.2) is 47.1 Å². The second kappa shape index (κ2) is 8.41. The Labute approximate surface area is 155 Å². The zero-order chi connectivity index (χ0) is 18.5. The molecule has 1 aliphatic carbocycles. The molecule has 3 rings (SSSR count). The van der Waals surface area contributed by atoms with E-state index in [1.807, 2.05) is 38.4 Å². The second-order valence-electron chi connectivity index (χ2n) is 7.22. The molecule has 0 bridgehead atoms. The van der Waals surface area contributed by atoms with Crippen LogP contribution in [0.5, 0.6) is 5.75 Å². The van der Waals surface area contributed by atoms with E-state index < -0.39 is 0 Å². The van der Waals surface area contributed by atoms with E-state index in [-0.39, 0.29) is 17.9 Å². The summed E-state index contributed by atoms with van der Waals surface area (Å²) in [5, 5.41) is 3.09. The van der Waals surface area contributed by atoms with Crippen LogP contribution in [0, 0.1) is 5.92 Å². The minimum Gasteiger partial charge on any atom is -0.497 e. The van der Waals surface area contributed by atoms with Crippen LogP contribution in [0.25, 0.3) is 0 Å². The van der Waals surface area contributed by atoms with Crippen molar-refractivity contribution in [3.05, 3.63) is 54.0 Å². The number of hydrogen-bond acceptors (Lipinski definition) is 4. The van der Waals surface area contributed by atoms with Crippen LogP contribution in [-0.2, 0) is 4.79 Å². The van der Waals surface area contributed by atoms with E-state index >= 15 is 0 Å². The third kappa shape index (κ3) is 4.67. The molecule has 1 aromatic heterocycles. The van der Waals surface area contributed by atoms with Gasteiger partial charge in [0.2, 0.25) is 5.91 Å². The van der Waals surface area contributed by atoms with Crippen LogP contribution in [0.3, 0.4) is 0 Å². The highest BCUT2D eigenvalue weighted by molar-refractivity contribution is 5.77. The van der Waals surface area contributed by atoms with Gasteiger partial charge in [-0.05, 0) is 68.6 Å². The summed E-state index contributed by atoms with van der Waals surface area (Å²) in [5.74, 6) is 2.70. The number of amides is 1. The number of ether oxygens (including phenoxy) is 1. The normalized spacial score (nSPS) is 16.3. The number of hydrogen-bond donors (Lipinski definition) is 1. The third-order valence-electron chi connectivity index (χ3n) is 5.13. The average molecular weight is 356 g/mol. The van der Waals surface area contributed by atoms with E-state index in [4.69, 9.17) is 9.15 Å². The number of methoxy groups -OCH3 is 1. The van der Waals surface area contributed by atoms with Crippen molar-refractivity contribution in [2.75, 3.05) is 27.7 Å². The minimum atomic E-state index is 0.0364. The van der Waals surface area contributed by atoms with Crippen molar-refractivity contribution >= 4 is 5.91 Å². The number of rotatable bonds is 9. The van der Waals surface area contributed by atoms with E-state index in [1.165, 1.54) is 18.4 Å². The van der Waals surface area contributed by atoms with Gasteiger partial charge in [0, 0.05) is 13.0 Å². The first-order valence-electron chi connectivity index (χ1n) is 9.19. The maximum atomic E-state index is 12.6. The zero-order valence-electron chi connectivity index (χ0n) is 15.8. The quantitative estimate of drug-likeness (QED) is 0.746. The lowest BCUT2D eigenvalue weighted by molar-refractivity contribution is -0.121. The van der Waals surface area contributed by atoms with Gasteiger partial charge in [-0.15, -0.1) is 0 Å². The summed E-state index contributed by atoms with van der Waals surface area (Å²) in [5.41, 5.74) is 1.22. The molecule has 2 atom stereocenters. The van der Waals surface area contributed by atoms with Crippen molar-refractivity contribution in [1.82, 2.24) is 10.2 Å². The number of carbonyl (C=O) groups excluding carboxylic acids is 1. The highest BCUT2D eigenvalue weighted by Gasteiger charge is 2.33. The summed E-state index contributed by atoms with van der Waals surface area (Å²) in [7, 11) is 5.65. The first-order chi connectivity index (χ1) is 12.6. The monoisotopic (exact) mass is 356 g/mol. The van der Waals surface area contributed by atoms with Crippen molar-refractivity contribution in [2.45, 2.75) is 31.2 Å². The molecule has 5 heteroatoms. The number of nitrogens with one attached hydrogen (secondary N) is 1. The van der Waals surface area contributed by atoms with Crippen LogP contribution in [0.2, 0.25) is 0 Å². The number of furan rings is 1. The average Bonchev–Trinajstić information content (AvgIpc) is 3.34. The van der Waals surface area contributed by atoms with Crippen molar-refractivity contribution < 1.29 is 13.9 Å². The molecule has 2 aromatic rings. The van der Waals surface area contributed by atoms with Gasteiger partial charge in [0.25, 0.3) is 0 Å². The molecule has 5 nitrogen and oxygen atoms in total. The Morgan fingerprint density at radius 3 is 2.54 bits per heavy atom. The molecule has 140 valence electrons. The standard InChI is InChI=1S/C21H28N2O3/c1-23(2)19(20-5-4-12-26-20)14-22-21(24)13-18(15-6-7-15)16-8-10-17(25-3)11-9-16/h4-5,8-12,15,18-19H,6-7,13-14H2,1-3H3,(H,22,24). The molecule has 1 heterocycles. The Morgan fingerprint density at radius 2 is 2.00 bits per heavy atom. The number of carbonyl (C=O) groups is 1. The van der Waals surface area contributed by atoms with Gasteiger partial charge in [-0.25, -0.2) is 0 Å². The van der Waals surface area contributed by atoms with Crippen molar-refractivity contribution in [3.8, 4) is 5.75 Å². The highest BCUT2D eigenvalue weighted by atomic mass is 16.5. The van der Waals surface area contributed by atoms with Crippen molar-refractivity contribution in [3.63, 3.8) is 0 Å². The van der Waals surface area contributed by atoms with Gasteiger partial charge in [-0.3, -0.25) is 9.69 Å². The van der Waals surface area contributed by atoms with E-state index in [0.717, 1.165) is 11.5 Å². The molecule has 2 unspecified atom stereocenters.